The van der Waals surface area contributed by atoms with Crippen molar-refractivity contribution in [2.45, 2.75) is 31.2 Å². The zero-order chi connectivity index (χ0) is 19.6. The van der Waals surface area contributed by atoms with Crippen LogP contribution in [0.2, 0.25) is 0 Å². The molecule has 6 nitrogen and oxygen atoms in total. The molecule has 0 saturated heterocycles. The first-order valence-corrected chi connectivity index (χ1v) is 10.3. The van der Waals surface area contributed by atoms with Crippen molar-refractivity contribution in [2.75, 3.05) is 24.6 Å². The van der Waals surface area contributed by atoms with E-state index in [4.69, 9.17) is 4.74 Å². The van der Waals surface area contributed by atoms with E-state index in [9.17, 15) is 13.2 Å². The highest BCUT2D eigenvalue weighted by atomic mass is 32.2. The Morgan fingerprint density at radius 3 is 2.59 bits per heavy atom. The molecule has 0 spiro atoms. The van der Waals surface area contributed by atoms with Crippen molar-refractivity contribution in [1.82, 2.24) is 5.32 Å². The maximum Gasteiger partial charge on any atom is 0.264 e. The van der Waals surface area contributed by atoms with Crippen LogP contribution in [0.15, 0.2) is 47.4 Å². The highest BCUT2D eigenvalue weighted by molar-refractivity contribution is 7.92. The molecule has 0 radical (unpaired) electrons. The number of rotatable bonds is 6. The van der Waals surface area contributed by atoms with Crippen LogP contribution in [0.3, 0.4) is 0 Å². The zero-order valence-corrected chi connectivity index (χ0v) is 16.5. The lowest BCUT2D eigenvalue weighted by molar-refractivity contribution is 0.0905. The second kappa shape index (κ2) is 7.70. The molecular weight excluding hydrogens is 364 g/mol. The average molecular weight is 388 g/mol. The first kappa shape index (κ1) is 19.4. The van der Waals surface area contributed by atoms with Gasteiger partial charge in [-0.15, -0.1) is 0 Å². The number of carbonyl (C=O) groups is 1. The molecule has 0 fully saturated rings. The summed E-state index contributed by atoms with van der Waals surface area (Å²) in [4.78, 5) is 12.6. The van der Waals surface area contributed by atoms with Crippen molar-refractivity contribution in [3.8, 4) is 0 Å². The second-order valence-electron chi connectivity index (χ2n) is 6.81. The number of ether oxygens (including phenoxy) is 1. The molecule has 1 atom stereocenters. The van der Waals surface area contributed by atoms with Crippen LogP contribution in [-0.2, 0) is 21.2 Å². The van der Waals surface area contributed by atoms with Gasteiger partial charge in [-0.3, -0.25) is 9.10 Å². The van der Waals surface area contributed by atoms with Crippen molar-refractivity contribution in [2.24, 2.45) is 0 Å². The zero-order valence-electron chi connectivity index (χ0n) is 15.7. The standard InChI is InChI=1S/C20H24N2O4S/c1-14-4-7-18(8-5-14)27(24,25)22-11-10-16-12-17(6-9-19(16)22)20(23)21-15(2)13-26-3/h4-9,12,15H,10-11,13H2,1-3H3,(H,21,23)/t15-/m1/s1. The molecule has 144 valence electrons. The molecule has 0 saturated carbocycles. The lowest BCUT2D eigenvalue weighted by Crippen LogP contribution is -2.35. The number of fused-ring (bicyclic) bond motifs is 1. The average Bonchev–Trinajstić information content (AvgIpc) is 3.06. The normalized spacial score (nSPS) is 14.7. The van der Waals surface area contributed by atoms with Crippen LogP contribution >= 0.6 is 0 Å². The number of amides is 1. The maximum absolute atomic E-state index is 13.0. The molecule has 2 aromatic rings. The summed E-state index contributed by atoms with van der Waals surface area (Å²) in [6, 6.07) is 11.9. The molecule has 3 rings (SSSR count). The fourth-order valence-electron chi connectivity index (χ4n) is 3.20. The predicted molar refractivity (Wildman–Crippen MR) is 105 cm³/mol. The SMILES string of the molecule is COC[C@@H](C)NC(=O)c1ccc2c(c1)CCN2S(=O)(=O)c1ccc(C)cc1. The molecule has 1 N–H and O–H groups in total. The second-order valence-corrected chi connectivity index (χ2v) is 8.68. The van der Waals surface area contributed by atoms with Crippen molar-refractivity contribution < 1.29 is 17.9 Å². The Kier molecular flexibility index (Phi) is 5.53. The van der Waals surface area contributed by atoms with E-state index in [1.807, 2.05) is 13.8 Å². The van der Waals surface area contributed by atoms with Crippen LogP contribution in [0.5, 0.6) is 0 Å². The number of benzene rings is 2. The summed E-state index contributed by atoms with van der Waals surface area (Å²) >= 11 is 0. The molecule has 1 aliphatic heterocycles. The van der Waals surface area contributed by atoms with Gasteiger partial charge in [0.25, 0.3) is 15.9 Å². The predicted octanol–water partition coefficient (Wildman–Crippen LogP) is 2.51. The van der Waals surface area contributed by atoms with Gasteiger partial charge in [0, 0.05) is 25.3 Å². The quantitative estimate of drug-likeness (QED) is 0.825. The van der Waals surface area contributed by atoms with Gasteiger partial charge >= 0.3 is 0 Å². The van der Waals surface area contributed by atoms with E-state index in [-0.39, 0.29) is 16.8 Å². The van der Waals surface area contributed by atoms with E-state index in [1.165, 1.54) is 4.31 Å². The van der Waals surface area contributed by atoms with Gasteiger partial charge in [0.2, 0.25) is 0 Å². The Balaban J connectivity index is 1.84. The van der Waals surface area contributed by atoms with Crippen LogP contribution in [0, 0.1) is 6.92 Å². The van der Waals surface area contributed by atoms with Gasteiger partial charge in [0.15, 0.2) is 0 Å². The third-order valence-corrected chi connectivity index (χ3v) is 6.43. The van der Waals surface area contributed by atoms with E-state index in [0.717, 1.165) is 11.1 Å². The Labute approximate surface area is 160 Å². The van der Waals surface area contributed by atoms with Crippen LogP contribution in [0.4, 0.5) is 5.69 Å². The summed E-state index contributed by atoms with van der Waals surface area (Å²) in [5.74, 6) is -0.192. The molecule has 7 heteroatoms. The van der Waals surface area contributed by atoms with Crippen molar-refractivity contribution in [3.63, 3.8) is 0 Å². The number of aryl methyl sites for hydroxylation is 1. The monoisotopic (exact) mass is 388 g/mol. The maximum atomic E-state index is 13.0. The van der Waals surface area contributed by atoms with Gasteiger partial charge in [-0.2, -0.15) is 0 Å². The number of nitrogens with one attached hydrogen (secondary N) is 1. The number of anilines is 1. The minimum absolute atomic E-state index is 0.103. The fraction of sp³-hybridized carbons (Fsp3) is 0.350. The summed E-state index contributed by atoms with van der Waals surface area (Å²) < 4.78 is 32.4. The third kappa shape index (κ3) is 3.99. The molecule has 0 bridgehead atoms. The van der Waals surface area contributed by atoms with Crippen LogP contribution in [0.25, 0.3) is 0 Å². The Morgan fingerprint density at radius 2 is 1.93 bits per heavy atom. The molecule has 1 heterocycles. The summed E-state index contributed by atoms with van der Waals surface area (Å²) in [7, 11) is -2.03. The van der Waals surface area contributed by atoms with E-state index in [1.54, 1.807) is 49.6 Å². The largest absolute Gasteiger partial charge is 0.383 e. The minimum Gasteiger partial charge on any atom is -0.383 e. The van der Waals surface area contributed by atoms with E-state index in [0.29, 0.717) is 30.8 Å². The van der Waals surface area contributed by atoms with Crippen molar-refractivity contribution in [3.05, 3.63) is 59.2 Å². The summed E-state index contributed by atoms with van der Waals surface area (Å²) in [5.41, 5.74) is 3.02. The number of nitrogens with zero attached hydrogens (tertiary/aromatic N) is 1. The summed E-state index contributed by atoms with van der Waals surface area (Å²) in [6.45, 7) is 4.59. The van der Waals surface area contributed by atoms with Gasteiger partial charge in [0.1, 0.15) is 0 Å². The Bertz CT molecular complexity index is 939. The number of methoxy groups -OCH3 is 1. The molecule has 0 aromatic heterocycles. The summed E-state index contributed by atoms with van der Waals surface area (Å²) in [5, 5.41) is 2.87. The van der Waals surface area contributed by atoms with Crippen LogP contribution in [0.1, 0.15) is 28.4 Å². The van der Waals surface area contributed by atoms with Crippen molar-refractivity contribution in [1.29, 1.82) is 0 Å². The van der Waals surface area contributed by atoms with E-state index >= 15 is 0 Å². The Hall–Kier alpha value is -2.38. The van der Waals surface area contributed by atoms with E-state index < -0.39 is 10.0 Å². The molecule has 27 heavy (non-hydrogen) atoms. The first-order chi connectivity index (χ1) is 12.8. The molecule has 2 aromatic carbocycles. The van der Waals surface area contributed by atoms with Gasteiger partial charge in [0.05, 0.1) is 17.2 Å². The van der Waals surface area contributed by atoms with Crippen LogP contribution in [-0.4, -0.2) is 40.6 Å². The van der Waals surface area contributed by atoms with Gasteiger partial charge in [-0.1, -0.05) is 17.7 Å². The number of hydrogen-bond acceptors (Lipinski definition) is 4. The van der Waals surface area contributed by atoms with Crippen molar-refractivity contribution >= 4 is 21.6 Å². The molecule has 1 aliphatic rings. The molecular formula is C20H24N2O4S. The fourth-order valence-corrected chi connectivity index (χ4v) is 4.70. The third-order valence-electron chi connectivity index (χ3n) is 4.60. The molecule has 1 amide bonds. The van der Waals surface area contributed by atoms with Gasteiger partial charge < -0.3 is 10.1 Å². The highest BCUT2D eigenvalue weighted by Gasteiger charge is 2.31. The lowest BCUT2D eigenvalue weighted by atomic mass is 10.1. The first-order valence-electron chi connectivity index (χ1n) is 8.85. The van der Waals surface area contributed by atoms with E-state index in [2.05, 4.69) is 5.32 Å². The lowest BCUT2D eigenvalue weighted by Gasteiger charge is -2.20. The number of carbonyl (C=O) groups excluding carboxylic acids is 1. The van der Waals surface area contributed by atoms with Gasteiger partial charge in [-0.05, 0) is 56.2 Å². The molecule has 0 unspecified atom stereocenters. The molecule has 0 aliphatic carbocycles. The number of hydrogen-bond donors (Lipinski definition) is 1. The Morgan fingerprint density at radius 1 is 1.22 bits per heavy atom. The summed E-state index contributed by atoms with van der Waals surface area (Å²) in [6.07, 6.45) is 0.579. The van der Waals surface area contributed by atoms with Gasteiger partial charge in [-0.25, -0.2) is 8.42 Å². The number of sulfonamides is 1. The minimum atomic E-state index is -3.61. The smallest absolute Gasteiger partial charge is 0.264 e. The van der Waals surface area contributed by atoms with Crippen LogP contribution < -0.4 is 9.62 Å². The topological polar surface area (TPSA) is 75.7 Å². The highest BCUT2D eigenvalue weighted by Crippen LogP contribution is 2.33.